The Hall–Kier alpha value is -4.17. The molecule has 0 saturated heterocycles. The zero-order chi connectivity index (χ0) is 25.4. The van der Waals surface area contributed by atoms with Gasteiger partial charge in [0.15, 0.2) is 4.80 Å². The van der Waals surface area contributed by atoms with E-state index in [0.717, 1.165) is 16.3 Å². The lowest BCUT2D eigenvalue weighted by atomic mass is 9.96. The Balaban J connectivity index is 1.76. The molecular formula is C28H24N2O5S. The summed E-state index contributed by atoms with van der Waals surface area (Å²) in [6.07, 6.45) is 1.69. The van der Waals surface area contributed by atoms with Crippen LogP contribution in [0, 0.1) is 0 Å². The number of allylic oxidation sites excluding steroid dienone is 1. The number of hydrogen-bond acceptors (Lipinski definition) is 7. The van der Waals surface area contributed by atoms with Gasteiger partial charge in [0.25, 0.3) is 5.56 Å². The second kappa shape index (κ2) is 9.47. The number of methoxy groups -OCH3 is 1. The van der Waals surface area contributed by atoms with Crippen LogP contribution in [0.25, 0.3) is 16.8 Å². The Morgan fingerprint density at radius 2 is 1.89 bits per heavy atom. The number of phenolic OH excluding ortho intramolecular Hbond substituents is 1. The standard InChI is InChI=1S/C28H24N2O5S/c1-4-35-27(33)24-16(2)29-28-30(25(24)18-9-12-19(34-3)13-10-18)26(32)23(36-28)15-21-20-8-6-5-7-17(20)11-14-22(21)31/h5-15,25,31H,4H2,1-3H3/b23-15-/t25-/m1/s1. The van der Waals surface area contributed by atoms with E-state index in [-0.39, 0.29) is 17.9 Å². The van der Waals surface area contributed by atoms with Crippen molar-refractivity contribution >= 4 is 34.2 Å². The van der Waals surface area contributed by atoms with Gasteiger partial charge in [-0.1, -0.05) is 53.8 Å². The Morgan fingerprint density at radius 1 is 1.14 bits per heavy atom. The number of aromatic hydroxyl groups is 1. The number of carbonyl (C=O) groups excluding carboxylic acids is 1. The van der Waals surface area contributed by atoms with Crippen molar-refractivity contribution in [2.24, 2.45) is 4.99 Å². The minimum absolute atomic E-state index is 0.0784. The van der Waals surface area contributed by atoms with Crippen molar-refractivity contribution in [2.75, 3.05) is 13.7 Å². The predicted molar refractivity (Wildman–Crippen MR) is 139 cm³/mol. The zero-order valence-corrected chi connectivity index (χ0v) is 20.8. The molecule has 0 radical (unpaired) electrons. The number of ether oxygens (including phenoxy) is 2. The Labute approximate surface area is 210 Å². The number of esters is 1. The molecule has 0 spiro atoms. The van der Waals surface area contributed by atoms with Gasteiger partial charge in [-0.25, -0.2) is 9.79 Å². The summed E-state index contributed by atoms with van der Waals surface area (Å²) >= 11 is 1.22. The van der Waals surface area contributed by atoms with Crippen molar-refractivity contribution in [2.45, 2.75) is 19.9 Å². The maximum atomic E-state index is 13.8. The molecule has 0 bridgehead atoms. The van der Waals surface area contributed by atoms with Crippen LogP contribution < -0.4 is 19.6 Å². The summed E-state index contributed by atoms with van der Waals surface area (Å²) in [5.74, 6) is 0.228. The van der Waals surface area contributed by atoms with E-state index in [1.807, 2.05) is 42.5 Å². The average Bonchev–Trinajstić information content (AvgIpc) is 3.19. The van der Waals surface area contributed by atoms with E-state index in [2.05, 4.69) is 4.99 Å². The van der Waals surface area contributed by atoms with E-state index in [9.17, 15) is 14.7 Å². The van der Waals surface area contributed by atoms with Crippen molar-refractivity contribution in [1.82, 2.24) is 4.57 Å². The second-order valence-corrected chi connectivity index (χ2v) is 9.30. The van der Waals surface area contributed by atoms with Crippen LogP contribution in [0.2, 0.25) is 0 Å². The molecule has 0 saturated carbocycles. The molecule has 0 amide bonds. The molecule has 1 atom stereocenters. The highest BCUT2D eigenvalue weighted by atomic mass is 32.1. The summed E-state index contributed by atoms with van der Waals surface area (Å²) in [5, 5.41) is 12.4. The van der Waals surface area contributed by atoms with Crippen molar-refractivity contribution in [1.29, 1.82) is 0 Å². The van der Waals surface area contributed by atoms with Crippen LogP contribution in [-0.2, 0) is 9.53 Å². The lowest BCUT2D eigenvalue weighted by Crippen LogP contribution is -2.39. The van der Waals surface area contributed by atoms with Crippen LogP contribution in [0.3, 0.4) is 0 Å². The number of benzene rings is 3. The normalized spacial score (nSPS) is 15.5. The lowest BCUT2D eigenvalue weighted by Gasteiger charge is -2.24. The molecule has 36 heavy (non-hydrogen) atoms. The molecular weight excluding hydrogens is 476 g/mol. The first kappa shape index (κ1) is 23.6. The van der Waals surface area contributed by atoms with E-state index in [4.69, 9.17) is 9.47 Å². The van der Waals surface area contributed by atoms with Crippen LogP contribution in [0.4, 0.5) is 0 Å². The van der Waals surface area contributed by atoms with Gasteiger partial charge in [0, 0.05) is 5.56 Å². The smallest absolute Gasteiger partial charge is 0.338 e. The molecule has 2 heterocycles. The number of aromatic nitrogens is 1. The third-order valence-corrected chi connectivity index (χ3v) is 7.15. The molecule has 182 valence electrons. The second-order valence-electron chi connectivity index (χ2n) is 8.29. The zero-order valence-electron chi connectivity index (χ0n) is 20.0. The van der Waals surface area contributed by atoms with E-state index < -0.39 is 12.0 Å². The third kappa shape index (κ3) is 3.99. The quantitative estimate of drug-likeness (QED) is 0.423. The van der Waals surface area contributed by atoms with Gasteiger partial charge < -0.3 is 14.6 Å². The van der Waals surface area contributed by atoms with Crippen LogP contribution >= 0.6 is 11.3 Å². The Morgan fingerprint density at radius 3 is 2.61 bits per heavy atom. The highest BCUT2D eigenvalue weighted by Gasteiger charge is 2.33. The van der Waals surface area contributed by atoms with Crippen LogP contribution in [0.1, 0.15) is 31.0 Å². The van der Waals surface area contributed by atoms with Crippen molar-refractivity contribution in [3.63, 3.8) is 0 Å². The SMILES string of the molecule is CCOC(=O)C1=C(C)N=c2s/c(=C\c3c(O)ccc4ccccc34)c(=O)n2[C@@H]1c1ccc(OC)cc1. The van der Waals surface area contributed by atoms with Gasteiger partial charge in [0.05, 0.1) is 35.6 Å². The Kier molecular flexibility index (Phi) is 6.20. The molecule has 3 aromatic carbocycles. The number of fused-ring (bicyclic) bond motifs is 2. The molecule has 1 aliphatic heterocycles. The van der Waals surface area contributed by atoms with Crippen molar-refractivity contribution < 1.29 is 19.4 Å². The highest BCUT2D eigenvalue weighted by molar-refractivity contribution is 7.07. The number of phenols is 1. The van der Waals surface area contributed by atoms with Crippen LogP contribution in [-0.4, -0.2) is 29.4 Å². The lowest BCUT2D eigenvalue weighted by molar-refractivity contribution is -0.139. The van der Waals surface area contributed by atoms with Gasteiger partial charge in [0.1, 0.15) is 11.5 Å². The van der Waals surface area contributed by atoms with Crippen molar-refractivity contribution in [3.05, 3.63) is 103 Å². The van der Waals surface area contributed by atoms with E-state index in [1.165, 1.54) is 15.9 Å². The number of rotatable bonds is 5. The number of nitrogens with zero attached hydrogens (tertiary/aromatic N) is 2. The summed E-state index contributed by atoms with van der Waals surface area (Å²) in [4.78, 5) is 31.9. The largest absolute Gasteiger partial charge is 0.507 e. The molecule has 1 aromatic heterocycles. The molecule has 1 N–H and O–H groups in total. The monoisotopic (exact) mass is 500 g/mol. The van der Waals surface area contributed by atoms with Gasteiger partial charge in [-0.05, 0) is 54.5 Å². The number of thiazole rings is 1. The summed E-state index contributed by atoms with van der Waals surface area (Å²) in [5.41, 5.74) is 1.79. The van der Waals surface area contributed by atoms with Crippen LogP contribution in [0.5, 0.6) is 11.5 Å². The maximum absolute atomic E-state index is 13.8. The van der Waals surface area contributed by atoms with E-state index >= 15 is 0 Å². The summed E-state index contributed by atoms with van der Waals surface area (Å²) in [6, 6.07) is 17.6. The average molecular weight is 501 g/mol. The summed E-state index contributed by atoms with van der Waals surface area (Å²) < 4.78 is 12.5. The molecule has 0 unspecified atom stereocenters. The van der Waals surface area contributed by atoms with Gasteiger partial charge >= 0.3 is 5.97 Å². The van der Waals surface area contributed by atoms with Gasteiger partial charge in [0.2, 0.25) is 0 Å². The Bertz CT molecular complexity index is 1700. The maximum Gasteiger partial charge on any atom is 0.338 e. The first-order valence-electron chi connectivity index (χ1n) is 11.5. The topological polar surface area (TPSA) is 90.1 Å². The summed E-state index contributed by atoms with van der Waals surface area (Å²) in [7, 11) is 1.58. The minimum Gasteiger partial charge on any atom is -0.507 e. The fourth-order valence-electron chi connectivity index (χ4n) is 4.46. The first-order chi connectivity index (χ1) is 17.4. The van der Waals surface area contributed by atoms with Gasteiger partial charge in [-0.2, -0.15) is 0 Å². The molecule has 4 aromatic rings. The van der Waals surface area contributed by atoms with E-state index in [0.29, 0.717) is 31.9 Å². The fraction of sp³-hybridized carbons (Fsp3) is 0.179. The van der Waals surface area contributed by atoms with Gasteiger partial charge in [-0.3, -0.25) is 9.36 Å². The van der Waals surface area contributed by atoms with Gasteiger partial charge in [-0.15, -0.1) is 0 Å². The number of carbonyl (C=O) groups is 1. The third-order valence-electron chi connectivity index (χ3n) is 6.17. The molecule has 0 aliphatic carbocycles. The highest BCUT2D eigenvalue weighted by Crippen LogP contribution is 2.32. The predicted octanol–water partition coefficient (Wildman–Crippen LogP) is 3.67. The molecule has 7 nitrogen and oxygen atoms in total. The molecule has 1 aliphatic rings. The van der Waals surface area contributed by atoms with Crippen molar-refractivity contribution in [3.8, 4) is 11.5 Å². The fourth-order valence-corrected chi connectivity index (χ4v) is 5.49. The molecule has 0 fully saturated rings. The minimum atomic E-state index is -0.713. The number of hydrogen-bond donors (Lipinski definition) is 1. The first-order valence-corrected chi connectivity index (χ1v) is 12.3. The summed E-state index contributed by atoms with van der Waals surface area (Å²) in [6.45, 7) is 3.69. The van der Waals surface area contributed by atoms with Crippen LogP contribution in [0.15, 0.2) is 81.7 Å². The molecule has 5 rings (SSSR count). The molecule has 8 heteroatoms. The van der Waals surface area contributed by atoms with E-state index in [1.54, 1.807) is 45.2 Å².